The summed E-state index contributed by atoms with van der Waals surface area (Å²) >= 11 is 0. The number of hydrogen-bond acceptors (Lipinski definition) is 1. The number of nitrogens with zero attached hydrogens (tertiary/aromatic N) is 1. The molecule has 0 aliphatic carbocycles. The molecule has 1 aliphatic heterocycles. The molecule has 1 nitrogen and oxygen atoms in total. The smallest absolute Gasteiger partial charge is 0.00187 e. The van der Waals surface area contributed by atoms with Gasteiger partial charge in [0.15, 0.2) is 0 Å². The van der Waals surface area contributed by atoms with Gasteiger partial charge < -0.3 is 0 Å². The summed E-state index contributed by atoms with van der Waals surface area (Å²) in [4.78, 5) is 0. The Labute approximate surface area is 53.7 Å². The average Bonchev–Trinajstić information content (AvgIpc) is 1.77. The summed E-state index contributed by atoms with van der Waals surface area (Å²) in [6.45, 7) is 4.87. The molecule has 2 heteroatoms. The molecule has 0 aromatic heterocycles. The van der Waals surface area contributed by atoms with Crippen molar-refractivity contribution in [2.75, 3.05) is 13.1 Å². The minimum atomic E-state index is 0.965. The van der Waals surface area contributed by atoms with Crippen molar-refractivity contribution in [1.29, 1.82) is 0 Å². The minimum absolute atomic E-state index is 0.965. The standard InChI is InChI=1S/C6H14NP/c1-6-2-4-7(8)5-3-6/h6H,2-5,8H2,1H3. The van der Waals surface area contributed by atoms with Crippen molar-refractivity contribution in [3.05, 3.63) is 0 Å². The van der Waals surface area contributed by atoms with E-state index in [4.69, 9.17) is 0 Å². The molecule has 1 rings (SSSR count). The third-order valence-corrected chi connectivity index (χ3v) is 2.33. The first-order valence-corrected chi connectivity index (χ1v) is 3.80. The molecule has 48 valence electrons. The van der Waals surface area contributed by atoms with E-state index in [2.05, 4.69) is 21.0 Å². The highest BCUT2D eigenvalue weighted by Gasteiger charge is 2.10. The van der Waals surface area contributed by atoms with E-state index in [1.807, 2.05) is 0 Å². The molecular formula is C6H14NP. The maximum Gasteiger partial charge on any atom is 0.00187 e. The Morgan fingerprint density at radius 1 is 1.38 bits per heavy atom. The lowest BCUT2D eigenvalue weighted by atomic mass is 10.0. The highest BCUT2D eigenvalue weighted by molar-refractivity contribution is 7.13. The maximum atomic E-state index is 2.76. The third-order valence-electron chi connectivity index (χ3n) is 1.82. The van der Waals surface area contributed by atoms with Crippen LogP contribution in [-0.2, 0) is 0 Å². The second-order valence-electron chi connectivity index (χ2n) is 2.72. The summed E-state index contributed by atoms with van der Waals surface area (Å²) in [6.07, 6.45) is 2.76. The molecule has 0 amide bonds. The molecule has 0 spiro atoms. The van der Waals surface area contributed by atoms with E-state index in [0.717, 1.165) is 5.92 Å². The second-order valence-corrected chi connectivity index (χ2v) is 3.45. The highest BCUT2D eigenvalue weighted by atomic mass is 31.0. The van der Waals surface area contributed by atoms with Crippen LogP contribution in [-0.4, -0.2) is 17.8 Å². The lowest BCUT2D eigenvalue weighted by molar-refractivity contribution is 0.307. The van der Waals surface area contributed by atoms with Gasteiger partial charge in [-0.1, -0.05) is 16.3 Å². The molecule has 0 N–H and O–H groups in total. The fourth-order valence-corrected chi connectivity index (χ4v) is 1.33. The average molecular weight is 131 g/mol. The fourth-order valence-electron chi connectivity index (χ4n) is 1.03. The third kappa shape index (κ3) is 1.72. The van der Waals surface area contributed by atoms with E-state index in [1.165, 1.54) is 25.9 Å². The number of rotatable bonds is 0. The Morgan fingerprint density at radius 2 is 1.88 bits per heavy atom. The first-order valence-electron chi connectivity index (χ1n) is 3.28. The lowest BCUT2D eigenvalue weighted by Crippen LogP contribution is -2.24. The largest absolute Gasteiger partial charge is 0.287 e. The predicted molar refractivity (Wildman–Crippen MR) is 39.7 cm³/mol. The predicted octanol–water partition coefficient (Wildman–Crippen LogP) is 1.51. The Kier molecular flexibility index (Phi) is 2.27. The van der Waals surface area contributed by atoms with E-state index >= 15 is 0 Å². The Balaban J connectivity index is 2.19. The molecule has 1 unspecified atom stereocenters. The molecule has 1 fully saturated rings. The molecule has 0 aromatic carbocycles. The maximum absolute atomic E-state index is 2.76. The van der Waals surface area contributed by atoms with Crippen LogP contribution in [0.4, 0.5) is 0 Å². The second kappa shape index (κ2) is 2.80. The topological polar surface area (TPSA) is 3.24 Å². The van der Waals surface area contributed by atoms with Gasteiger partial charge in [-0.15, -0.1) is 0 Å². The van der Waals surface area contributed by atoms with E-state index < -0.39 is 0 Å². The summed E-state index contributed by atoms with van der Waals surface area (Å²) in [5.41, 5.74) is 0. The van der Waals surface area contributed by atoms with Crippen LogP contribution >= 0.6 is 9.39 Å². The zero-order chi connectivity index (χ0) is 5.98. The van der Waals surface area contributed by atoms with Gasteiger partial charge in [-0.3, -0.25) is 4.67 Å². The van der Waals surface area contributed by atoms with Gasteiger partial charge in [0.05, 0.1) is 0 Å². The molecule has 1 aliphatic rings. The van der Waals surface area contributed by atoms with E-state index in [0.29, 0.717) is 0 Å². The van der Waals surface area contributed by atoms with Crippen molar-refractivity contribution in [3.8, 4) is 0 Å². The zero-order valence-electron chi connectivity index (χ0n) is 5.43. The SMILES string of the molecule is CC1CCN(P)CC1. The number of hydrogen-bond donors (Lipinski definition) is 0. The van der Waals surface area contributed by atoms with E-state index in [1.54, 1.807) is 0 Å². The molecule has 0 saturated carbocycles. The van der Waals surface area contributed by atoms with Gasteiger partial charge in [0, 0.05) is 13.1 Å². The normalized spacial score (nSPS) is 26.2. The molecule has 8 heavy (non-hydrogen) atoms. The van der Waals surface area contributed by atoms with Gasteiger partial charge in [0.25, 0.3) is 0 Å². The van der Waals surface area contributed by atoms with Crippen molar-refractivity contribution in [2.24, 2.45) is 5.92 Å². The van der Waals surface area contributed by atoms with Crippen LogP contribution in [0.2, 0.25) is 0 Å². The van der Waals surface area contributed by atoms with Crippen molar-refractivity contribution >= 4 is 9.39 Å². The van der Waals surface area contributed by atoms with E-state index in [-0.39, 0.29) is 0 Å². The Bertz CT molecular complexity index is 56.9. The minimum Gasteiger partial charge on any atom is -0.287 e. The molecule has 0 bridgehead atoms. The molecular weight excluding hydrogens is 117 g/mol. The van der Waals surface area contributed by atoms with Crippen LogP contribution in [0, 0.1) is 5.92 Å². The summed E-state index contributed by atoms with van der Waals surface area (Å²) in [5, 5.41) is 0. The lowest BCUT2D eigenvalue weighted by Gasteiger charge is -2.25. The summed E-state index contributed by atoms with van der Waals surface area (Å²) in [7, 11) is 2.76. The van der Waals surface area contributed by atoms with E-state index in [9.17, 15) is 0 Å². The van der Waals surface area contributed by atoms with Crippen LogP contribution in [0.15, 0.2) is 0 Å². The van der Waals surface area contributed by atoms with Gasteiger partial charge in [-0.25, -0.2) is 0 Å². The van der Waals surface area contributed by atoms with Crippen molar-refractivity contribution in [2.45, 2.75) is 19.8 Å². The van der Waals surface area contributed by atoms with Crippen LogP contribution < -0.4 is 0 Å². The highest BCUT2D eigenvalue weighted by Crippen LogP contribution is 2.17. The van der Waals surface area contributed by atoms with Crippen molar-refractivity contribution in [1.82, 2.24) is 4.67 Å². The van der Waals surface area contributed by atoms with Crippen LogP contribution in [0.3, 0.4) is 0 Å². The molecule has 1 heterocycles. The molecule has 0 radical (unpaired) electrons. The molecule has 1 atom stereocenters. The molecule has 1 saturated heterocycles. The van der Waals surface area contributed by atoms with Crippen molar-refractivity contribution in [3.63, 3.8) is 0 Å². The van der Waals surface area contributed by atoms with Gasteiger partial charge in [0.1, 0.15) is 0 Å². The zero-order valence-corrected chi connectivity index (χ0v) is 6.59. The van der Waals surface area contributed by atoms with Gasteiger partial charge >= 0.3 is 0 Å². The monoisotopic (exact) mass is 131 g/mol. The summed E-state index contributed by atoms with van der Waals surface area (Å²) < 4.78 is 2.32. The Morgan fingerprint density at radius 3 is 2.25 bits per heavy atom. The number of piperidine rings is 1. The molecule has 0 aromatic rings. The van der Waals surface area contributed by atoms with Gasteiger partial charge in [-0.2, -0.15) is 0 Å². The van der Waals surface area contributed by atoms with Crippen LogP contribution in [0.5, 0.6) is 0 Å². The fraction of sp³-hybridized carbons (Fsp3) is 1.00. The van der Waals surface area contributed by atoms with Crippen molar-refractivity contribution < 1.29 is 0 Å². The van der Waals surface area contributed by atoms with Crippen LogP contribution in [0.1, 0.15) is 19.8 Å². The summed E-state index contributed by atoms with van der Waals surface area (Å²) in [6, 6.07) is 0. The van der Waals surface area contributed by atoms with Gasteiger partial charge in [-0.05, 0) is 18.8 Å². The van der Waals surface area contributed by atoms with Crippen LogP contribution in [0.25, 0.3) is 0 Å². The first-order chi connectivity index (χ1) is 3.79. The Hall–Kier alpha value is 0.390. The summed E-state index contributed by atoms with van der Waals surface area (Å²) in [5.74, 6) is 0.965. The van der Waals surface area contributed by atoms with Gasteiger partial charge in [0.2, 0.25) is 0 Å². The quantitative estimate of drug-likeness (QED) is 0.450. The first kappa shape index (κ1) is 6.51.